The molecule has 0 saturated carbocycles. The van der Waals surface area contributed by atoms with Crippen LogP contribution in [0, 0.1) is 5.92 Å². The molecule has 0 radical (unpaired) electrons. The van der Waals surface area contributed by atoms with Crippen LogP contribution in [0.15, 0.2) is 18.2 Å². The molecule has 23 heavy (non-hydrogen) atoms. The van der Waals surface area contributed by atoms with Gasteiger partial charge in [-0.15, -0.1) is 0 Å². The minimum absolute atomic E-state index is 0.339. The number of piperazine rings is 1. The molecule has 1 saturated heterocycles. The third kappa shape index (κ3) is 3.61. The van der Waals surface area contributed by atoms with Crippen molar-refractivity contribution in [1.82, 2.24) is 10.3 Å². The monoisotopic (exact) mass is 343 g/mol. The Morgan fingerprint density at radius 1 is 1.39 bits per heavy atom. The predicted octanol–water partition coefficient (Wildman–Crippen LogP) is 4.14. The number of nitrogens with one attached hydrogen (secondary N) is 1. The summed E-state index contributed by atoms with van der Waals surface area (Å²) in [6, 6.07) is 4.12. The Labute approximate surface area is 137 Å². The van der Waals surface area contributed by atoms with Crippen molar-refractivity contribution in [2.24, 2.45) is 5.92 Å². The Bertz CT molecular complexity index is 681. The van der Waals surface area contributed by atoms with Crippen LogP contribution in [0.1, 0.15) is 25.8 Å². The molecule has 7 heteroatoms. The minimum Gasteiger partial charge on any atom is -0.343 e. The van der Waals surface area contributed by atoms with Crippen molar-refractivity contribution >= 4 is 26.7 Å². The molecule has 1 aliphatic heterocycles. The summed E-state index contributed by atoms with van der Waals surface area (Å²) >= 11 is 1.35. The van der Waals surface area contributed by atoms with Gasteiger partial charge in [-0.1, -0.05) is 25.2 Å². The van der Waals surface area contributed by atoms with Gasteiger partial charge in [-0.25, -0.2) is 4.98 Å². The van der Waals surface area contributed by atoms with E-state index in [9.17, 15) is 13.2 Å². The van der Waals surface area contributed by atoms with Gasteiger partial charge in [0.2, 0.25) is 0 Å². The lowest BCUT2D eigenvalue weighted by Crippen LogP contribution is -2.51. The summed E-state index contributed by atoms with van der Waals surface area (Å²) in [4.78, 5) is 6.81. The maximum atomic E-state index is 12.8. The fourth-order valence-electron chi connectivity index (χ4n) is 2.98. The van der Waals surface area contributed by atoms with Gasteiger partial charge in [-0.05, 0) is 30.5 Å². The number of anilines is 1. The van der Waals surface area contributed by atoms with Crippen LogP contribution < -0.4 is 10.2 Å². The van der Waals surface area contributed by atoms with Crippen molar-refractivity contribution in [1.29, 1.82) is 0 Å². The van der Waals surface area contributed by atoms with Crippen LogP contribution in [0.2, 0.25) is 0 Å². The Kier molecular flexibility index (Phi) is 4.51. The fourth-order valence-corrected chi connectivity index (χ4v) is 4.08. The molecule has 1 unspecified atom stereocenters. The van der Waals surface area contributed by atoms with Crippen LogP contribution in [0.5, 0.6) is 0 Å². The van der Waals surface area contributed by atoms with Crippen LogP contribution in [-0.2, 0) is 6.18 Å². The van der Waals surface area contributed by atoms with Crippen LogP contribution in [0.4, 0.5) is 18.3 Å². The van der Waals surface area contributed by atoms with Crippen molar-refractivity contribution in [2.75, 3.05) is 24.5 Å². The van der Waals surface area contributed by atoms with Gasteiger partial charge in [-0.3, -0.25) is 0 Å². The Morgan fingerprint density at radius 2 is 2.17 bits per heavy atom. The van der Waals surface area contributed by atoms with E-state index in [0.717, 1.165) is 37.3 Å². The van der Waals surface area contributed by atoms with E-state index in [-0.39, 0.29) is 0 Å². The molecular formula is C16H20F3N3S. The lowest BCUT2D eigenvalue weighted by Gasteiger charge is -2.37. The van der Waals surface area contributed by atoms with Gasteiger partial charge in [-0.2, -0.15) is 13.2 Å². The number of halogens is 3. The first-order valence-electron chi connectivity index (χ1n) is 7.80. The average Bonchev–Trinajstić information content (AvgIpc) is 2.89. The van der Waals surface area contributed by atoms with Gasteiger partial charge in [0.05, 0.1) is 15.8 Å². The summed E-state index contributed by atoms with van der Waals surface area (Å²) in [5.41, 5.74) is 0.0269. The van der Waals surface area contributed by atoms with Crippen LogP contribution >= 0.6 is 11.3 Å². The number of hydrogen-bond donors (Lipinski definition) is 1. The molecule has 3 nitrogen and oxygen atoms in total. The normalized spacial score (nSPS) is 19.7. The van der Waals surface area contributed by atoms with E-state index in [4.69, 9.17) is 0 Å². The van der Waals surface area contributed by atoms with Crippen LogP contribution in [0.3, 0.4) is 0 Å². The first-order valence-corrected chi connectivity index (χ1v) is 8.61. The number of thiazole rings is 1. The van der Waals surface area contributed by atoms with Gasteiger partial charge < -0.3 is 10.2 Å². The van der Waals surface area contributed by atoms with E-state index in [1.54, 1.807) is 0 Å². The van der Waals surface area contributed by atoms with Crippen molar-refractivity contribution in [3.05, 3.63) is 23.8 Å². The number of alkyl halides is 3. The summed E-state index contributed by atoms with van der Waals surface area (Å²) in [5, 5.41) is 4.21. The quantitative estimate of drug-likeness (QED) is 0.908. The molecule has 126 valence electrons. The molecule has 0 aliphatic carbocycles. The summed E-state index contributed by atoms with van der Waals surface area (Å²) in [5.74, 6) is 0.564. The fraction of sp³-hybridized carbons (Fsp3) is 0.562. The smallest absolute Gasteiger partial charge is 0.343 e. The number of nitrogens with zero attached hydrogens (tertiary/aromatic N) is 2. The third-order valence-electron chi connectivity index (χ3n) is 4.04. The second-order valence-corrected chi connectivity index (χ2v) is 7.37. The van der Waals surface area contributed by atoms with E-state index in [2.05, 4.69) is 29.0 Å². The highest BCUT2D eigenvalue weighted by Gasteiger charge is 2.31. The zero-order valence-corrected chi connectivity index (χ0v) is 14.0. The van der Waals surface area contributed by atoms with Gasteiger partial charge in [0.25, 0.3) is 0 Å². The van der Waals surface area contributed by atoms with Gasteiger partial charge in [0.1, 0.15) is 0 Å². The molecule has 1 aliphatic rings. The molecule has 2 heterocycles. The highest BCUT2D eigenvalue weighted by atomic mass is 32.1. The van der Waals surface area contributed by atoms with Crippen molar-refractivity contribution in [2.45, 2.75) is 32.5 Å². The molecule has 1 N–H and O–H groups in total. The van der Waals surface area contributed by atoms with Gasteiger partial charge in [0, 0.05) is 25.7 Å². The molecule has 1 fully saturated rings. The van der Waals surface area contributed by atoms with Crippen molar-refractivity contribution in [3.63, 3.8) is 0 Å². The first kappa shape index (κ1) is 16.5. The summed E-state index contributed by atoms with van der Waals surface area (Å²) in [6.45, 7) is 6.96. The van der Waals surface area contributed by atoms with E-state index in [1.807, 2.05) is 0 Å². The Morgan fingerprint density at radius 3 is 2.87 bits per heavy atom. The van der Waals surface area contributed by atoms with E-state index < -0.39 is 11.7 Å². The zero-order chi connectivity index (χ0) is 16.6. The molecule has 1 aromatic carbocycles. The topological polar surface area (TPSA) is 28.2 Å². The van der Waals surface area contributed by atoms with Crippen LogP contribution in [-0.4, -0.2) is 30.7 Å². The molecule has 0 bridgehead atoms. The molecule has 3 rings (SSSR count). The standard InChI is InChI=1S/C16H20F3N3S/c1-10(2)7-12-9-20-5-6-22(12)15-21-13-4-3-11(16(17,18)19)8-14(13)23-15/h3-4,8,10,12,20H,5-7,9H2,1-2H3. The molecule has 2 aromatic rings. The number of benzene rings is 1. The molecular weight excluding hydrogens is 323 g/mol. The summed E-state index contributed by atoms with van der Waals surface area (Å²) < 4.78 is 39.1. The van der Waals surface area contributed by atoms with E-state index in [0.29, 0.717) is 22.2 Å². The third-order valence-corrected chi connectivity index (χ3v) is 5.10. The van der Waals surface area contributed by atoms with E-state index in [1.165, 1.54) is 23.5 Å². The minimum atomic E-state index is -4.31. The molecule has 1 atom stereocenters. The second-order valence-electron chi connectivity index (χ2n) is 6.36. The number of hydrogen-bond acceptors (Lipinski definition) is 4. The molecule has 0 spiro atoms. The SMILES string of the molecule is CC(C)CC1CNCCN1c1nc2ccc(C(F)(F)F)cc2s1. The Balaban J connectivity index is 1.92. The van der Waals surface area contributed by atoms with Crippen LogP contribution in [0.25, 0.3) is 10.2 Å². The predicted molar refractivity (Wildman–Crippen MR) is 88.1 cm³/mol. The van der Waals surface area contributed by atoms with Gasteiger partial charge >= 0.3 is 6.18 Å². The Hall–Kier alpha value is -1.34. The maximum absolute atomic E-state index is 12.8. The maximum Gasteiger partial charge on any atom is 0.416 e. The number of rotatable bonds is 3. The second kappa shape index (κ2) is 6.28. The highest BCUT2D eigenvalue weighted by molar-refractivity contribution is 7.22. The summed E-state index contributed by atoms with van der Waals surface area (Å²) in [6.07, 6.45) is -3.27. The number of aromatic nitrogens is 1. The lowest BCUT2D eigenvalue weighted by molar-refractivity contribution is -0.137. The van der Waals surface area contributed by atoms with E-state index >= 15 is 0 Å². The lowest BCUT2D eigenvalue weighted by atomic mass is 10.0. The van der Waals surface area contributed by atoms with Crippen molar-refractivity contribution < 1.29 is 13.2 Å². The van der Waals surface area contributed by atoms with Gasteiger partial charge in [0.15, 0.2) is 5.13 Å². The first-order chi connectivity index (χ1) is 10.8. The average molecular weight is 343 g/mol. The summed E-state index contributed by atoms with van der Waals surface area (Å²) in [7, 11) is 0. The number of fused-ring (bicyclic) bond motifs is 1. The van der Waals surface area contributed by atoms with Crippen molar-refractivity contribution in [3.8, 4) is 0 Å². The zero-order valence-electron chi connectivity index (χ0n) is 13.2. The molecule has 0 amide bonds. The largest absolute Gasteiger partial charge is 0.416 e. The highest BCUT2D eigenvalue weighted by Crippen LogP contribution is 2.36. The molecule has 1 aromatic heterocycles.